The minimum absolute atomic E-state index is 0.142. The molecule has 1 amide bonds. The van der Waals surface area contributed by atoms with E-state index in [0.29, 0.717) is 5.92 Å². The van der Waals surface area contributed by atoms with Crippen LogP contribution in [0.1, 0.15) is 53.2 Å². The summed E-state index contributed by atoms with van der Waals surface area (Å²) in [5, 5.41) is 2.53. The molecule has 0 radical (unpaired) electrons. The number of alkyl halides is 3. The fourth-order valence-corrected chi connectivity index (χ4v) is 5.73. The van der Waals surface area contributed by atoms with Gasteiger partial charge in [0.1, 0.15) is 0 Å². The quantitative estimate of drug-likeness (QED) is 0.614. The highest BCUT2D eigenvalue weighted by Gasteiger charge is 2.61. The summed E-state index contributed by atoms with van der Waals surface area (Å²) < 4.78 is 39.9. The zero-order valence-electron chi connectivity index (χ0n) is 17.0. The van der Waals surface area contributed by atoms with Gasteiger partial charge in [-0.05, 0) is 55.2 Å². The molecule has 0 spiro atoms. The monoisotopic (exact) mass is 448 g/mol. The van der Waals surface area contributed by atoms with Crippen molar-refractivity contribution in [1.82, 2.24) is 10.2 Å². The van der Waals surface area contributed by atoms with Gasteiger partial charge in [-0.1, -0.05) is 48.0 Å². The van der Waals surface area contributed by atoms with Crippen molar-refractivity contribution in [3.63, 3.8) is 0 Å². The van der Waals surface area contributed by atoms with E-state index in [9.17, 15) is 18.0 Å². The van der Waals surface area contributed by atoms with Crippen molar-refractivity contribution in [2.24, 2.45) is 11.8 Å². The Morgan fingerprint density at radius 2 is 1.84 bits per heavy atom. The highest BCUT2D eigenvalue weighted by molar-refractivity contribution is 6.34. The second-order valence-electron chi connectivity index (χ2n) is 9.21. The predicted octanol–water partition coefficient (Wildman–Crippen LogP) is 5.70. The lowest BCUT2D eigenvalue weighted by Crippen LogP contribution is -2.56. The normalized spacial score (nSPS) is 26.4. The van der Waals surface area contributed by atoms with Gasteiger partial charge in [0.25, 0.3) is 5.91 Å². The van der Waals surface area contributed by atoms with E-state index < -0.39 is 22.7 Å². The Bertz CT molecular complexity index is 984. The summed E-state index contributed by atoms with van der Waals surface area (Å²) in [4.78, 5) is 15.7. The Labute approximate surface area is 184 Å². The van der Waals surface area contributed by atoms with Crippen molar-refractivity contribution in [3.05, 3.63) is 70.2 Å². The molecule has 3 nitrogen and oxygen atoms in total. The van der Waals surface area contributed by atoms with Crippen LogP contribution in [0, 0.1) is 11.8 Å². The van der Waals surface area contributed by atoms with Crippen molar-refractivity contribution in [1.29, 1.82) is 0 Å². The fourth-order valence-electron chi connectivity index (χ4n) is 5.42. The van der Waals surface area contributed by atoms with Gasteiger partial charge in [0.05, 0.1) is 22.2 Å². The fraction of sp³-hybridized carbons (Fsp3) is 0.458. The molecule has 31 heavy (non-hydrogen) atoms. The number of halogens is 4. The summed E-state index contributed by atoms with van der Waals surface area (Å²) >= 11 is 6.04. The predicted molar refractivity (Wildman–Crippen MR) is 113 cm³/mol. The first-order valence-electron chi connectivity index (χ1n) is 10.7. The van der Waals surface area contributed by atoms with Crippen molar-refractivity contribution in [3.8, 4) is 0 Å². The van der Waals surface area contributed by atoms with E-state index in [4.69, 9.17) is 11.6 Å². The lowest BCUT2D eigenvalue weighted by atomic mass is 9.67. The van der Waals surface area contributed by atoms with E-state index in [-0.39, 0.29) is 17.1 Å². The molecule has 0 aromatic heterocycles. The largest absolute Gasteiger partial charge is 0.417 e. The van der Waals surface area contributed by atoms with Gasteiger partial charge in [0.15, 0.2) is 0 Å². The van der Waals surface area contributed by atoms with Gasteiger partial charge < -0.3 is 5.32 Å². The summed E-state index contributed by atoms with van der Waals surface area (Å²) in [6, 6.07) is 12.9. The van der Waals surface area contributed by atoms with Crippen LogP contribution in [-0.4, -0.2) is 29.4 Å². The van der Waals surface area contributed by atoms with Gasteiger partial charge >= 0.3 is 6.18 Å². The molecule has 2 saturated heterocycles. The Kier molecular flexibility index (Phi) is 5.05. The lowest BCUT2D eigenvalue weighted by Gasteiger charge is -2.49. The molecule has 1 atom stereocenters. The highest BCUT2D eigenvalue weighted by Crippen LogP contribution is 2.57. The van der Waals surface area contributed by atoms with E-state index in [2.05, 4.69) is 10.2 Å². The van der Waals surface area contributed by atoms with E-state index in [1.807, 2.05) is 30.3 Å². The average molecular weight is 449 g/mol. The van der Waals surface area contributed by atoms with Crippen molar-refractivity contribution < 1.29 is 18.0 Å². The number of nitrogens with one attached hydrogen (secondary N) is 1. The number of nitrogens with zero attached hydrogens (tertiary/aromatic N) is 1. The summed E-state index contributed by atoms with van der Waals surface area (Å²) in [5.74, 6) is 0.779. The number of hydrogen-bond donors (Lipinski definition) is 1. The minimum atomic E-state index is -4.61. The molecular weight excluding hydrogens is 425 g/mol. The lowest BCUT2D eigenvalue weighted by molar-refractivity contribution is -0.137. The van der Waals surface area contributed by atoms with Gasteiger partial charge in [-0.3, -0.25) is 9.69 Å². The van der Waals surface area contributed by atoms with Crippen LogP contribution in [-0.2, 0) is 6.18 Å². The van der Waals surface area contributed by atoms with Crippen LogP contribution in [0.15, 0.2) is 48.5 Å². The summed E-state index contributed by atoms with van der Waals surface area (Å²) in [6.07, 6.45) is -0.122. The number of rotatable bonds is 6. The van der Waals surface area contributed by atoms with Gasteiger partial charge in [-0.2, -0.15) is 13.2 Å². The molecule has 2 bridgehead atoms. The number of carbonyl (C=O) groups is 1. The SMILES string of the molecule is O=C(NC(c1ccccc1)C12CC(CN1CC1CC1)C2)c1cccc(C(F)(F)F)c1Cl. The van der Waals surface area contributed by atoms with Gasteiger partial charge in [-0.25, -0.2) is 0 Å². The molecule has 164 valence electrons. The van der Waals surface area contributed by atoms with E-state index in [1.54, 1.807) is 0 Å². The molecule has 6 rings (SSSR count). The summed E-state index contributed by atoms with van der Waals surface area (Å²) in [7, 11) is 0. The van der Waals surface area contributed by atoms with Crippen LogP contribution in [0.25, 0.3) is 0 Å². The van der Waals surface area contributed by atoms with Gasteiger partial charge in [0, 0.05) is 18.6 Å². The Balaban J connectivity index is 1.47. The van der Waals surface area contributed by atoms with Crippen LogP contribution in [0.2, 0.25) is 5.02 Å². The molecule has 2 saturated carbocycles. The molecule has 2 heterocycles. The van der Waals surface area contributed by atoms with E-state index in [1.165, 1.54) is 25.0 Å². The molecule has 7 heteroatoms. The van der Waals surface area contributed by atoms with Crippen molar-refractivity contribution in [2.45, 2.75) is 43.4 Å². The topological polar surface area (TPSA) is 32.3 Å². The smallest absolute Gasteiger partial charge is 0.343 e. The maximum atomic E-state index is 13.3. The first kappa shape index (κ1) is 20.8. The molecule has 1 N–H and O–H groups in total. The molecular formula is C24H24ClF3N2O. The van der Waals surface area contributed by atoms with Crippen molar-refractivity contribution in [2.75, 3.05) is 13.1 Å². The Hall–Kier alpha value is -2.05. The molecule has 2 aromatic carbocycles. The molecule has 2 aromatic rings. The van der Waals surface area contributed by atoms with E-state index >= 15 is 0 Å². The molecule has 2 aliphatic carbocycles. The van der Waals surface area contributed by atoms with Gasteiger partial charge in [0.2, 0.25) is 0 Å². The maximum Gasteiger partial charge on any atom is 0.417 e. The second-order valence-corrected chi connectivity index (χ2v) is 9.59. The van der Waals surface area contributed by atoms with Crippen LogP contribution >= 0.6 is 11.6 Å². The summed E-state index contributed by atoms with van der Waals surface area (Å²) in [5.41, 5.74) is -0.342. The zero-order valence-corrected chi connectivity index (χ0v) is 17.7. The maximum absolute atomic E-state index is 13.3. The first-order chi connectivity index (χ1) is 14.8. The van der Waals surface area contributed by atoms with Gasteiger partial charge in [-0.15, -0.1) is 0 Å². The third-order valence-corrected chi connectivity index (χ3v) is 7.47. The van der Waals surface area contributed by atoms with Crippen LogP contribution < -0.4 is 5.32 Å². The number of hydrogen-bond acceptors (Lipinski definition) is 2. The third-order valence-electron chi connectivity index (χ3n) is 7.06. The molecule has 4 aliphatic rings. The number of benzene rings is 2. The van der Waals surface area contributed by atoms with Crippen LogP contribution in [0.3, 0.4) is 0 Å². The summed E-state index contributed by atoms with van der Waals surface area (Å²) in [6.45, 7) is 2.06. The first-order valence-corrected chi connectivity index (χ1v) is 11.1. The molecule has 1 unspecified atom stereocenters. The highest BCUT2D eigenvalue weighted by atomic mass is 35.5. The van der Waals surface area contributed by atoms with Crippen molar-refractivity contribution >= 4 is 17.5 Å². The third kappa shape index (κ3) is 3.74. The molecule has 4 fully saturated rings. The molecule has 2 aliphatic heterocycles. The minimum Gasteiger partial charge on any atom is -0.343 e. The zero-order chi connectivity index (χ0) is 21.8. The Morgan fingerprint density at radius 1 is 1.13 bits per heavy atom. The number of fused-ring (bicyclic) bond motifs is 1. The van der Waals surface area contributed by atoms with E-state index in [0.717, 1.165) is 43.5 Å². The Morgan fingerprint density at radius 3 is 2.48 bits per heavy atom. The second kappa shape index (κ2) is 7.52. The standard InChI is InChI=1S/C24H24ClF3N2O/c25-20-18(7-4-8-19(20)24(26,27)28)22(31)29-21(17-5-2-1-3-6-17)23-11-16(12-23)14-30(23)13-15-9-10-15/h1-8,15-16,21H,9-14H2,(H,29,31). The van der Waals surface area contributed by atoms with Crippen LogP contribution in [0.4, 0.5) is 13.2 Å². The average Bonchev–Trinajstić information content (AvgIpc) is 3.36. The number of carbonyl (C=O) groups excluding carboxylic acids is 1. The number of amides is 1. The van der Waals surface area contributed by atoms with Crippen LogP contribution in [0.5, 0.6) is 0 Å².